The summed E-state index contributed by atoms with van der Waals surface area (Å²) >= 11 is 0. The van der Waals surface area contributed by atoms with E-state index in [-0.39, 0.29) is 12.5 Å². The second kappa shape index (κ2) is 6.06. The molecule has 0 saturated heterocycles. The summed E-state index contributed by atoms with van der Waals surface area (Å²) in [6.07, 6.45) is -2.87. The van der Waals surface area contributed by atoms with Gasteiger partial charge in [-0.15, -0.1) is 0 Å². The van der Waals surface area contributed by atoms with Crippen LogP contribution in [0.2, 0.25) is 0 Å². The second-order valence-electron chi connectivity index (χ2n) is 4.41. The third kappa shape index (κ3) is 3.58. The first-order valence-electron chi connectivity index (χ1n) is 6.12. The predicted octanol–water partition coefficient (Wildman–Crippen LogP) is 2.80. The van der Waals surface area contributed by atoms with Gasteiger partial charge in [0.15, 0.2) is 0 Å². The number of carboxylic acids is 1. The predicted molar refractivity (Wildman–Crippen MR) is 66.2 cm³/mol. The van der Waals surface area contributed by atoms with Crippen LogP contribution in [0.1, 0.15) is 32.4 Å². The molecular formula is C12H16F3N3O2. The van der Waals surface area contributed by atoms with Crippen LogP contribution in [0.15, 0.2) is 12.3 Å². The van der Waals surface area contributed by atoms with Crippen LogP contribution in [0.5, 0.6) is 0 Å². The van der Waals surface area contributed by atoms with Gasteiger partial charge in [0, 0.05) is 12.7 Å². The van der Waals surface area contributed by atoms with Crippen molar-refractivity contribution < 1.29 is 23.1 Å². The van der Waals surface area contributed by atoms with Crippen molar-refractivity contribution in [1.29, 1.82) is 0 Å². The number of hydrogen-bond donors (Lipinski definition) is 2. The molecule has 0 amide bonds. The lowest BCUT2D eigenvalue weighted by Crippen LogP contribution is -2.37. The van der Waals surface area contributed by atoms with Crippen LogP contribution in [-0.4, -0.2) is 27.6 Å². The minimum absolute atomic E-state index is 0.0311. The number of aromatic nitrogens is 2. The van der Waals surface area contributed by atoms with Crippen LogP contribution in [-0.2, 0) is 11.0 Å². The largest absolute Gasteiger partial charge is 0.481 e. The normalized spacial score (nSPS) is 12.2. The lowest BCUT2D eigenvalue weighted by atomic mass is 9.82. The van der Waals surface area contributed by atoms with Gasteiger partial charge in [0.2, 0.25) is 5.95 Å². The molecule has 0 aliphatic heterocycles. The van der Waals surface area contributed by atoms with Gasteiger partial charge >= 0.3 is 12.1 Å². The number of carbonyl (C=O) groups is 1. The summed E-state index contributed by atoms with van der Waals surface area (Å²) in [6, 6.07) is 0.759. The number of alkyl halides is 3. The maximum atomic E-state index is 12.5. The molecule has 0 aromatic carbocycles. The molecule has 8 heteroatoms. The Morgan fingerprint density at radius 1 is 1.35 bits per heavy atom. The highest BCUT2D eigenvalue weighted by Gasteiger charge is 2.36. The number of halogens is 3. The van der Waals surface area contributed by atoms with Gasteiger partial charge in [0.25, 0.3) is 0 Å². The summed E-state index contributed by atoms with van der Waals surface area (Å²) in [5.41, 5.74) is -2.11. The van der Waals surface area contributed by atoms with Crippen molar-refractivity contribution in [3.8, 4) is 0 Å². The summed E-state index contributed by atoms with van der Waals surface area (Å²) in [7, 11) is 0. The fourth-order valence-electron chi connectivity index (χ4n) is 1.73. The molecule has 112 valence electrons. The van der Waals surface area contributed by atoms with Gasteiger partial charge in [0.05, 0.1) is 5.41 Å². The van der Waals surface area contributed by atoms with E-state index >= 15 is 0 Å². The molecule has 0 spiro atoms. The van der Waals surface area contributed by atoms with Gasteiger partial charge in [-0.3, -0.25) is 4.79 Å². The molecule has 1 aromatic heterocycles. The highest BCUT2D eigenvalue weighted by atomic mass is 19.4. The number of rotatable bonds is 6. The Hall–Kier alpha value is -1.86. The Bertz CT molecular complexity index is 473. The Balaban J connectivity index is 2.87. The quantitative estimate of drug-likeness (QED) is 0.843. The van der Waals surface area contributed by atoms with Crippen molar-refractivity contribution in [3.05, 3.63) is 18.0 Å². The van der Waals surface area contributed by atoms with Gasteiger partial charge in [-0.25, -0.2) is 9.97 Å². The molecule has 0 atom stereocenters. The zero-order valence-electron chi connectivity index (χ0n) is 11.2. The number of carboxylic acid groups (broad SMARTS) is 1. The molecule has 1 heterocycles. The maximum absolute atomic E-state index is 12.5. The third-order valence-electron chi connectivity index (χ3n) is 3.34. The molecule has 0 unspecified atom stereocenters. The zero-order valence-corrected chi connectivity index (χ0v) is 11.2. The standard InChI is InChI=1S/C12H16F3N3O2/c1-3-11(4-2,9(19)20)7-17-10-16-6-5-8(18-10)12(13,14)15/h5-6H,3-4,7H2,1-2H3,(H,19,20)(H,16,17,18). The molecule has 2 N–H and O–H groups in total. The van der Waals surface area contributed by atoms with E-state index in [1.54, 1.807) is 13.8 Å². The Morgan fingerprint density at radius 2 is 1.95 bits per heavy atom. The van der Waals surface area contributed by atoms with Crippen LogP contribution < -0.4 is 5.32 Å². The topological polar surface area (TPSA) is 75.1 Å². The zero-order chi connectivity index (χ0) is 15.4. The summed E-state index contributed by atoms with van der Waals surface area (Å²) in [4.78, 5) is 18.3. The summed E-state index contributed by atoms with van der Waals surface area (Å²) in [5, 5.41) is 11.8. The first kappa shape index (κ1) is 16.2. The van der Waals surface area contributed by atoms with E-state index in [0.717, 1.165) is 12.3 Å². The van der Waals surface area contributed by atoms with Gasteiger partial charge in [-0.2, -0.15) is 13.2 Å². The average molecular weight is 291 g/mol. The van der Waals surface area contributed by atoms with E-state index in [1.165, 1.54) is 0 Å². The maximum Gasteiger partial charge on any atom is 0.433 e. The van der Waals surface area contributed by atoms with E-state index in [9.17, 15) is 23.1 Å². The van der Waals surface area contributed by atoms with Crippen LogP contribution in [0.25, 0.3) is 0 Å². The molecule has 0 fully saturated rings. The van der Waals surface area contributed by atoms with Crippen molar-refractivity contribution in [2.45, 2.75) is 32.9 Å². The number of hydrogen-bond acceptors (Lipinski definition) is 4. The number of nitrogens with one attached hydrogen (secondary N) is 1. The van der Waals surface area contributed by atoms with Crippen LogP contribution in [0.3, 0.4) is 0 Å². The molecular weight excluding hydrogens is 275 g/mol. The van der Waals surface area contributed by atoms with Crippen molar-refractivity contribution in [3.63, 3.8) is 0 Å². The lowest BCUT2D eigenvalue weighted by Gasteiger charge is -2.26. The number of nitrogens with zero attached hydrogens (tertiary/aromatic N) is 2. The van der Waals surface area contributed by atoms with E-state index < -0.39 is 23.3 Å². The highest BCUT2D eigenvalue weighted by molar-refractivity contribution is 5.75. The number of aliphatic carboxylic acids is 1. The molecule has 20 heavy (non-hydrogen) atoms. The molecule has 1 aromatic rings. The number of anilines is 1. The first-order valence-corrected chi connectivity index (χ1v) is 6.12. The van der Waals surface area contributed by atoms with E-state index in [0.29, 0.717) is 12.8 Å². The van der Waals surface area contributed by atoms with Crippen molar-refractivity contribution in [2.75, 3.05) is 11.9 Å². The fraction of sp³-hybridized carbons (Fsp3) is 0.583. The minimum Gasteiger partial charge on any atom is -0.481 e. The SMILES string of the molecule is CCC(CC)(CNc1nccc(C(F)(F)F)n1)C(=O)O. The van der Waals surface area contributed by atoms with Gasteiger partial charge in [-0.05, 0) is 18.9 Å². The molecule has 1 rings (SSSR count). The first-order chi connectivity index (χ1) is 9.25. The van der Waals surface area contributed by atoms with Crippen molar-refractivity contribution >= 4 is 11.9 Å². The van der Waals surface area contributed by atoms with E-state index in [4.69, 9.17) is 0 Å². The molecule has 0 bridgehead atoms. The fourth-order valence-corrected chi connectivity index (χ4v) is 1.73. The molecule has 0 aliphatic carbocycles. The second-order valence-corrected chi connectivity index (χ2v) is 4.41. The van der Waals surface area contributed by atoms with Crippen molar-refractivity contribution in [1.82, 2.24) is 9.97 Å². The van der Waals surface area contributed by atoms with Crippen molar-refractivity contribution in [2.24, 2.45) is 5.41 Å². The average Bonchev–Trinajstić information content (AvgIpc) is 2.39. The Morgan fingerprint density at radius 3 is 2.40 bits per heavy atom. The lowest BCUT2D eigenvalue weighted by molar-refractivity contribution is -0.148. The van der Waals surface area contributed by atoms with Crippen LogP contribution in [0.4, 0.5) is 19.1 Å². The van der Waals surface area contributed by atoms with Crippen LogP contribution >= 0.6 is 0 Å². The summed E-state index contributed by atoms with van der Waals surface area (Å²) < 4.78 is 37.5. The van der Waals surface area contributed by atoms with Crippen LogP contribution in [0, 0.1) is 5.41 Å². The molecule has 0 saturated carbocycles. The Labute approximate surface area is 114 Å². The van der Waals surface area contributed by atoms with E-state index in [1.807, 2.05) is 0 Å². The van der Waals surface area contributed by atoms with Gasteiger partial charge in [0.1, 0.15) is 5.69 Å². The molecule has 0 aliphatic rings. The summed E-state index contributed by atoms with van der Waals surface area (Å²) in [5.74, 6) is -1.23. The van der Waals surface area contributed by atoms with Gasteiger partial charge in [-0.1, -0.05) is 13.8 Å². The molecule has 0 radical (unpaired) electrons. The highest BCUT2D eigenvalue weighted by Crippen LogP contribution is 2.29. The molecule has 5 nitrogen and oxygen atoms in total. The smallest absolute Gasteiger partial charge is 0.433 e. The monoisotopic (exact) mass is 291 g/mol. The Kier molecular flexibility index (Phi) is 4.91. The summed E-state index contributed by atoms with van der Waals surface area (Å²) in [6.45, 7) is 3.40. The third-order valence-corrected chi connectivity index (χ3v) is 3.34. The van der Waals surface area contributed by atoms with Gasteiger partial charge < -0.3 is 10.4 Å². The van der Waals surface area contributed by atoms with E-state index in [2.05, 4.69) is 15.3 Å². The minimum atomic E-state index is -4.56.